The number of pyridine rings is 1. The van der Waals surface area contributed by atoms with Crippen molar-refractivity contribution < 1.29 is 4.74 Å². The zero-order valence-corrected chi connectivity index (χ0v) is 25.8. The van der Waals surface area contributed by atoms with Crippen LogP contribution in [0.3, 0.4) is 0 Å². The standard InChI is InChI=1S/C32H36N6O2S2/c1-4-37(3)14-12-24(25-19-34-21(2)18-35-25)36-22-10-11-28-30(17-22)41-29-9-5-7-23(31(29)42-28)27-20-38(15-16-40-27)26-8-6-13-33-32(26)39/h5-11,13,17-19,24,27,36H,4,12,14-16,20H2,1-3H3,(H,33,39). The lowest BCUT2D eigenvalue weighted by Crippen LogP contribution is -2.41. The average molecular weight is 601 g/mol. The summed E-state index contributed by atoms with van der Waals surface area (Å²) < 4.78 is 6.27. The Labute approximate surface area is 255 Å². The molecule has 2 aliphatic heterocycles. The number of ether oxygens (including phenoxy) is 1. The summed E-state index contributed by atoms with van der Waals surface area (Å²) >= 11 is 3.60. The third kappa shape index (κ3) is 6.36. The fourth-order valence-electron chi connectivity index (χ4n) is 5.27. The van der Waals surface area contributed by atoms with E-state index in [-0.39, 0.29) is 17.7 Å². The molecule has 4 aromatic rings. The number of fused-ring (bicyclic) bond motifs is 2. The van der Waals surface area contributed by atoms with Crippen LogP contribution in [0.1, 0.15) is 42.4 Å². The van der Waals surface area contributed by atoms with Gasteiger partial charge in [0.15, 0.2) is 0 Å². The molecule has 0 saturated carbocycles. The largest absolute Gasteiger partial charge is 0.377 e. The van der Waals surface area contributed by atoms with Crippen LogP contribution in [0, 0.1) is 6.92 Å². The minimum Gasteiger partial charge on any atom is -0.377 e. The summed E-state index contributed by atoms with van der Waals surface area (Å²) in [6.07, 6.45) is 6.23. The van der Waals surface area contributed by atoms with Gasteiger partial charge in [-0.3, -0.25) is 14.8 Å². The first-order valence-corrected chi connectivity index (χ1v) is 16.0. The molecular weight excluding hydrogens is 565 g/mol. The molecule has 0 radical (unpaired) electrons. The number of benzene rings is 2. The first-order chi connectivity index (χ1) is 20.5. The minimum atomic E-state index is -0.110. The Morgan fingerprint density at radius 2 is 2.02 bits per heavy atom. The molecule has 0 aliphatic carbocycles. The number of hydrogen-bond donors (Lipinski definition) is 2. The number of hydrogen-bond acceptors (Lipinski definition) is 9. The lowest BCUT2D eigenvalue weighted by molar-refractivity contribution is 0.0378. The number of aromatic nitrogens is 3. The Bertz CT molecular complexity index is 1590. The second-order valence-electron chi connectivity index (χ2n) is 10.7. The number of aryl methyl sites for hydroxylation is 1. The minimum absolute atomic E-state index is 0.0635. The SMILES string of the molecule is CCN(C)CCC(Nc1ccc2c(c1)Sc1cccc(C3CN(c4ccc[nH]c4=O)CCO3)c1S2)c1cnc(C)cn1. The summed E-state index contributed by atoms with van der Waals surface area (Å²) in [4.78, 5) is 33.8. The van der Waals surface area contributed by atoms with Gasteiger partial charge in [0.05, 0.1) is 30.2 Å². The quantitative estimate of drug-likeness (QED) is 0.207. The van der Waals surface area contributed by atoms with Crippen molar-refractivity contribution in [2.24, 2.45) is 0 Å². The molecule has 2 aliphatic rings. The van der Waals surface area contributed by atoms with Crippen LogP contribution in [-0.2, 0) is 4.74 Å². The molecule has 2 aromatic carbocycles. The smallest absolute Gasteiger partial charge is 0.271 e. The van der Waals surface area contributed by atoms with Crippen molar-refractivity contribution in [3.8, 4) is 0 Å². The molecule has 218 valence electrons. The topological polar surface area (TPSA) is 86.4 Å². The Hall–Kier alpha value is -3.31. The maximum absolute atomic E-state index is 12.4. The zero-order valence-electron chi connectivity index (χ0n) is 24.2. The van der Waals surface area contributed by atoms with E-state index in [0.29, 0.717) is 25.4 Å². The fraction of sp³-hybridized carbons (Fsp3) is 0.344. The lowest BCUT2D eigenvalue weighted by Gasteiger charge is -2.35. The Balaban J connectivity index is 1.21. The Morgan fingerprint density at radius 3 is 2.83 bits per heavy atom. The van der Waals surface area contributed by atoms with E-state index in [1.807, 2.05) is 31.5 Å². The van der Waals surface area contributed by atoms with Gasteiger partial charge in [-0.05, 0) is 68.9 Å². The van der Waals surface area contributed by atoms with Gasteiger partial charge in [0.2, 0.25) is 0 Å². The highest BCUT2D eigenvalue weighted by atomic mass is 32.2. The van der Waals surface area contributed by atoms with Gasteiger partial charge >= 0.3 is 0 Å². The maximum atomic E-state index is 12.4. The zero-order chi connectivity index (χ0) is 29.1. The van der Waals surface area contributed by atoms with Gasteiger partial charge in [-0.1, -0.05) is 42.6 Å². The van der Waals surface area contributed by atoms with E-state index < -0.39 is 0 Å². The lowest BCUT2D eigenvalue weighted by atomic mass is 10.1. The highest BCUT2D eigenvalue weighted by Crippen LogP contribution is 2.52. The predicted octanol–water partition coefficient (Wildman–Crippen LogP) is 6.16. The molecule has 8 nitrogen and oxygen atoms in total. The molecule has 42 heavy (non-hydrogen) atoms. The van der Waals surface area contributed by atoms with Crippen molar-refractivity contribution in [2.45, 2.75) is 52.0 Å². The molecule has 2 N–H and O–H groups in total. The van der Waals surface area contributed by atoms with Gasteiger partial charge < -0.3 is 24.8 Å². The highest BCUT2D eigenvalue weighted by Gasteiger charge is 2.29. The number of H-pyrrole nitrogens is 1. The number of aromatic amines is 1. The molecule has 4 heterocycles. The van der Waals surface area contributed by atoms with Crippen LogP contribution in [0.25, 0.3) is 0 Å². The predicted molar refractivity (Wildman–Crippen MR) is 170 cm³/mol. The molecule has 10 heteroatoms. The van der Waals surface area contributed by atoms with Gasteiger partial charge in [0.25, 0.3) is 5.56 Å². The van der Waals surface area contributed by atoms with Gasteiger partial charge in [-0.15, -0.1) is 0 Å². The average Bonchev–Trinajstić information content (AvgIpc) is 3.02. The van der Waals surface area contributed by atoms with Crippen LogP contribution in [0.2, 0.25) is 0 Å². The first-order valence-electron chi connectivity index (χ1n) is 14.4. The van der Waals surface area contributed by atoms with Gasteiger partial charge in [0, 0.05) is 57.3 Å². The molecular formula is C32H36N6O2S2. The summed E-state index contributed by atoms with van der Waals surface area (Å²) in [5.74, 6) is 0. The number of nitrogens with zero attached hydrogens (tertiary/aromatic N) is 4. The van der Waals surface area contributed by atoms with Crippen molar-refractivity contribution in [2.75, 3.05) is 50.1 Å². The summed E-state index contributed by atoms with van der Waals surface area (Å²) in [6, 6.07) is 16.9. The van der Waals surface area contributed by atoms with E-state index in [1.165, 1.54) is 25.1 Å². The highest BCUT2D eigenvalue weighted by molar-refractivity contribution is 8.05. The van der Waals surface area contributed by atoms with Gasteiger partial charge in [0.1, 0.15) is 11.8 Å². The molecule has 1 saturated heterocycles. The van der Waals surface area contributed by atoms with Gasteiger partial charge in [-0.25, -0.2) is 0 Å². The van der Waals surface area contributed by atoms with Crippen LogP contribution >= 0.6 is 23.5 Å². The number of morpholine rings is 1. The molecule has 6 rings (SSSR count). The number of nitrogens with one attached hydrogen (secondary N) is 2. The molecule has 0 spiro atoms. The monoisotopic (exact) mass is 600 g/mol. The number of anilines is 2. The Kier molecular flexibility index (Phi) is 8.85. The molecule has 1 fully saturated rings. The van der Waals surface area contributed by atoms with Crippen molar-refractivity contribution >= 4 is 34.9 Å². The molecule has 2 aromatic heterocycles. The van der Waals surface area contributed by atoms with Crippen LogP contribution < -0.4 is 15.8 Å². The van der Waals surface area contributed by atoms with Crippen molar-refractivity contribution in [1.29, 1.82) is 0 Å². The third-order valence-electron chi connectivity index (χ3n) is 7.77. The van der Waals surface area contributed by atoms with E-state index in [9.17, 15) is 4.79 Å². The molecule has 0 amide bonds. The van der Waals surface area contributed by atoms with Gasteiger partial charge in [-0.2, -0.15) is 0 Å². The Morgan fingerprint density at radius 1 is 1.12 bits per heavy atom. The van der Waals surface area contributed by atoms with E-state index in [4.69, 9.17) is 9.72 Å². The van der Waals surface area contributed by atoms with Crippen LogP contribution in [-0.4, -0.2) is 59.7 Å². The second-order valence-corrected chi connectivity index (χ2v) is 12.8. The molecule has 0 bridgehead atoms. The van der Waals surface area contributed by atoms with E-state index in [0.717, 1.165) is 36.6 Å². The van der Waals surface area contributed by atoms with Crippen molar-refractivity contribution in [3.63, 3.8) is 0 Å². The second kappa shape index (κ2) is 12.9. The summed E-state index contributed by atoms with van der Waals surface area (Å²) in [5.41, 5.74) is 4.76. The summed E-state index contributed by atoms with van der Waals surface area (Å²) in [5, 5.41) is 3.75. The maximum Gasteiger partial charge on any atom is 0.271 e. The number of rotatable bonds is 9. The summed E-state index contributed by atoms with van der Waals surface area (Å²) in [6.45, 7) is 8.03. The van der Waals surface area contributed by atoms with Crippen molar-refractivity contribution in [3.05, 3.63) is 94.4 Å². The first kappa shape index (κ1) is 28.8. The van der Waals surface area contributed by atoms with E-state index in [2.05, 4.69) is 75.5 Å². The fourth-order valence-corrected chi connectivity index (χ4v) is 7.72. The van der Waals surface area contributed by atoms with Crippen molar-refractivity contribution in [1.82, 2.24) is 19.9 Å². The normalized spacial score (nSPS) is 17.0. The molecule has 2 atom stereocenters. The molecule has 2 unspecified atom stereocenters. The third-order valence-corrected chi connectivity index (χ3v) is 10.4. The van der Waals surface area contributed by atoms with E-state index >= 15 is 0 Å². The van der Waals surface area contributed by atoms with Crippen LogP contribution in [0.4, 0.5) is 11.4 Å². The summed E-state index contributed by atoms with van der Waals surface area (Å²) in [7, 11) is 2.15. The van der Waals surface area contributed by atoms with Crippen LogP contribution in [0.15, 0.2) is 91.5 Å². The van der Waals surface area contributed by atoms with E-state index in [1.54, 1.807) is 29.7 Å². The van der Waals surface area contributed by atoms with Crippen LogP contribution in [0.5, 0.6) is 0 Å².